The number of likely N-dealkylation sites (tertiary alicyclic amines) is 1. The number of hydrogen-bond donors (Lipinski definition) is 2. The van der Waals surface area contributed by atoms with Crippen molar-refractivity contribution in [2.75, 3.05) is 37.9 Å². The van der Waals surface area contributed by atoms with Crippen LogP contribution in [0, 0.1) is 0 Å². The van der Waals surface area contributed by atoms with Crippen molar-refractivity contribution in [1.82, 2.24) is 4.90 Å². The van der Waals surface area contributed by atoms with Gasteiger partial charge < -0.3 is 25.0 Å². The molecule has 4 rings (SSSR count). The van der Waals surface area contributed by atoms with E-state index in [1.54, 1.807) is 31.3 Å². The lowest BCUT2D eigenvalue weighted by molar-refractivity contribution is -0.120. The monoisotopic (exact) mass is 367 g/mol. The molecule has 7 heteroatoms. The van der Waals surface area contributed by atoms with Crippen molar-refractivity contribution in [3.8, 4) is 11.5 Å². The molecular formula is C20H21N3O4. The molecule has 27 heavy (non-hydrogen) atoms. The molecule has 1 fully saturated rings. The average Bonchev–Trinajstić information content (AvgIpc) is 3.25. The zero-order valence-corrected chi connectivity index (χ0v) is 15.2. The highest BCUT2D eigenvalue weighted by Gasteiger charge is 2.52. The average molecular weight is 367 g/mol. The molecule has 1 saturated heterocycles. The second-order valence-corrected chi connectivity index (χ2v) is 6.75. The highest BCUT2D eigenvalue weighted by atomic mass is 16.5. The molecule has 1 spiro atoms. The number of amides is 3. The Labute approximate surface area is 157 Å². The van der Waals surface area contributed by atoms with E-state index < -0.39 is 5.41 Å². The van der Waals surface area contributed by atoms with Gasteiger partial charge in [-0.1, -0.05) is 12.1 Å². The largest absolute Gasteiger partial charge is 0.497 e. The number of anilines is 2. The third-order valence-corrected chi connectivity index (χ3v) is 5.33. The summed E-state index contributed by atoms with van der Waals surface area (Å²) in [6.45, 7) is 0.811. The van der Waals surface area contributed by atoms with Gasteiger partial charge in [0.1, 0.15) is 11.5 Å². The van der Waals surface area contributed by atoms with Crippen LogP contribution in [0.15, 0.2) is 42.5 Å². The molecule has 0 unspecified atom stereocenters. The highest BCUT2D eigenvalue weighted by molar-refractivity contribution is 6.07. The molecule has 2 aromatic rings. The van der Waals surface area contributed by atoms with Gasteiger partial charge >= 0.3 is 6.03 Å². The number of para-hydroxylation sites is 2. The van der Waals surface area contributed by atoms with E-state index in [9.17, 15) is 9.59 Å². The van der Waals surface area contributed by atoms with Crippen LogP contribution in [0.1, 0.15) is 12.0 Å². The highest BCUT2D eigenvalue weighted by Crippen LogP contribution is 2.45. The van der Waals surface area contributed by atoms with E-state index in [0.29, 0.717) is 36.7 Å². The van der Waals surface area contributed by atoms with Gasteiger partial charge in [-0.05, 0) is 42.3 Å². The maximum Gasteiger partial charge on any atom is 0.321 e. The molecule has 0 radical (unpaired) electrons. The number of urea groups is 1. The zero-order chi connectivity index (χ0) is 19.0. The first-order valence-corrected chi connectivity index (χ1v) is 8.76. The molecule has 140 valence electrons. The zero-order valence-electron chi connectivity index (χ0n) is 15.2. The summed E-state index contributed by atoms with van der Waals surface area (Å²) in [4.78, 5) is 27.2. The molecule has 7 nitrogen and oxygen atoms in total. The lowest BCUT2D eigenvalue weighted by Crippen LogP contribution is -2.40. The fourth-order valence-corrected chi connectivity index (χ4v) is 3.85. The Balaban J connectivity index is 1.57. The minimum Gasteiger partial charge on any atom is -0.497 e. The van der Waals surface area contributed by atoms with E-state index in [0.717, 1.165) is 11.3 Å². The first-order chi connectivity index (χ1) is 13.1. The Morgan fingerprint density at radius 2 is 2.00 bits per heavy atom. The standard InChI is InChI=1S/C20H21N3O4/c1-26-13-7-8-15-14(11-13)20(18(24)21-15)9-10-23(12-20)19(25)22-16-5-3-4-6-17(16)27-2/h3-8,11H,9-10,12H2,1-2H3,(H,21,24)(H,22,25)/t20-/m1/s1. The third kappa shape index (κ3) is 2.75. The number of nitrogens with zero attached hydrogens (tertiary/aromatic N) is 1. The molecule has 2 aliphatic rings. The summed E-state index contributed by atoms with van der Waals surface area (Å²) in [5, 5.41) is 5.81. The predicted octanol–water partition coefficient (Wildman–Crippen LogP) is 2.83. The summed E-state index contributed by atoms with van der Waals surface area (Å²) >= 11 is 0. The molecule has 2 aliphatic heterocycles. The predicted molar refractivity (Wildman–Crippen MR) is 102 cm³/mol. The summed E-state index contributed by atoms with van der Waals surface area (Å²) < 4.78 is 10.6. The fraction of sp³-hybridized carbons (Fsp3) is 0.300. The number of ether oxygens (including phenoxy) is 2. The van der Waals surface area contributed by atoms with Crippen LogP contribution in [-0.2, 0) is 10.2 Å². The molecule has 0 bridgehead atoms. The summed E-state index contributed by atoms with van der Waals surface area (Å²) in [5.74, 6) is 1.22. The van der Waals surface area contributed by atoms with E-state index in [4.69, 9.17) is 9.47 Å². The topological polar surface area (TPSA) is 79.9 Å². The number of nitrogens with one attached hydrogen (secondary N) is 2. The normalized spacial score (nSPS) is 20.4. The molecule has 2 aromatic carbocycles. The summed E-state index contributed by atoms with van der Waals surface area (Å²) in [6, 6.07) is 12.5. The van der Waals surface area contributed by atoms with Crippen LogP contribution in [0.4, 0.5) is 16.2 Å². The van der Waals surface area contributed by atoms with Gasteiger partial charge in [0.25, 0.3) is 0 Å². The maximum absolute atomic E-state index is 12.8. The van der Waals surface area contributed by atoms with Crippen LogP contribution >= 0.6 is 0 Å². The van der Waals surface area contributed by atoms with Gasteiger partial charge in [0.05, 0.1) is 25.3 Å². The first-order valence-electron chi connectivity index (χ1n) is 8.76. The number of benzene rings is 2. The summed E-state index contributed by atoms with van der Waals surface area (Å²) in [5.41, 5.74) is 1.54. The first kappa shape index (κ1) is 17.2. The lowest BCUT2D eigenvalue weighted by Gasteiger charge is -2.23. The van der Waals surface area contributed by atoms with E-state index in [1.807, 2.05) is 30.3 Å². The van der Waals surface area contributed by atoms with Gasteiger partial charge in [-0.25, -0.2) is 4.79 Å². The van der Waals surface area contributed by atoms with Crippen molar-refractivity contribution in [1.29, 1.82) is 0 Å². The maximum atomic E-state index is 12.8. The second kappa shape index (κ2) is 6.50. The number of carbonyl (C=O) groups excluding carboxylic acids is 2. The van der Waals surface area contributed by atoms with Crippen molar-refractivity contribution in [3.05, 3.63) is 48.0 Å². The quantitative estimate of drug-likeness (QED) is 0.874. The van der Waals surface area contributed by atoms with E-state index in [2.05, 4.69) is 10.6 Å². The molecule has 1 atom stereocenters. The van der Waals surface area contributed by atoms with Crippen molar-refractivity contribution in [3.63, 3.8) is 0 Å². The van der Waals surface area contributed by atoms with Crippen LogP contribution in [0.2, 0.25) is 0 Å². The van der Waals surface area contributed by atoms with Crippen molar-refractivity contribution >= 4 is 23.3 Å². The molecule has 2 heterocycles. The van der Waals surface area contributed by atoms with Gasteiger partial charge in [-0.2, -0.15) is 0 Å². The molecule has 2 N–H and O–H groups in total. The van der Waals surface area contributed by atoms with E-state index in [-0.39, 0.29) is 11.9 Å². The molecule has 0 aliphatic carbocycles. The number of carbonyl (C=O) groups is 2. The molecular weight excluding hydrogens is 346 g/mol. The molecule has 0 saturated carbocycles. The van der Waals surface area contributed by atoms with Crippen molar-refractivity contribution < 1.29 is 19.1 Å². The summed E-state index contributed by atoms with van der Waals surface area (Å²) in [6.07, 6.45) is 0.568. The van der Waals surface area contributed by atoms with E-state index >= 15 is 0 Å². The van der Waals surface area contributed by atoms with Gasteiger partial charge in [-0.3, -0.25) is 4.79 Å². The minimum atomic E-state index is -0.734. The van der Waals surface area contributed by atoms with E-state index in [1.165, 1.54) is 0 Å². The van der Waals surface area contributed by atoms with Gasteiger partial charge in [-0.15, -0.1) is 0 Å². The van der Waals surface area contributed by atoms with Crippen LogP contribution in [0.3, 0.4) is 0 Å². The van der Waals surface area contributed by atoms with Gasteiger partial charge in [0.15, 0.2) is 0 Å². The van der Waals surface area contributed by atoms with Gasteiger partial charge in [0, 0.05) is 18.8 Å². The number of hydrogen-bond acceptors (Lipinski definition) is 4. The van der Waals surface area contributed by atoms with Crippen LogP contribution < -0.4 is 20.1 Å². The van der Waals surface area contributed by atoms with Crippen molar-refractivity contribution in [2.45, 2.75) is 11.8 Å². The van der Waals surface area contributed by atoms with Crippen LogP contribution in [-0.4, -0.2) is 44.1 Å². The fourth-order valence-electron chi connectivity index (χ4n) is 3.85. The Kier molecular flexibility index (Phi) is 4.14. The number of methoxy groups -OCH3 is 2. The molecule has 0 aromatic heterocycles. The Bertz CT molecular complexity index is 914. The SMILES string of the molecule is COc1ccc2c(c1)[C@]1(CCN(C(=O)Nc3ccccc3OC)C1)C(=O)N2. The Morgan fingerprint density at radius 1 is 1.19 bits per heavy atom. The Morgan fingerprint density at radius 3 is 2.78 bits per heavy atom. The minimum absolute atomic E-state index is 0.0710. The third-order valence-electron chi connectivity index (χ3n) is 5.33. The van der Waals surface area contributed by atoms with Gasteiger partial charge in [0.2, 0.25) is 5.91 Å². The smallest absolute Gasteiger partial charge is 0.321 e. The number of rotatable bonds is 3. The van der Waals surface area contributed by atoms with Crippen LogP contribution in [0.5, 0.6) is 11.5 Å². The van der Waals surface area contributed by atoms with Crippen molar-refractivity contribution in [2.24, 2.45) is 0 Å². The lowest BCUT2D eigenvalue weighted by atomic mass is 9.81. The Hall–Kier alpha value is -3.22. The summed E-state index contributed by atoms with van der Waals surface area (Å²) in [7, 11) is 3.16. The molecule has 3 amide bonds. The number of fused-ring (bicyclic) bond motifs is 2. The second-order valence-electron chi connectivity index (χ2n) is 6.75. The van der Waals surface area contributed by atoms with Crippen LogP contribution in [0.25, 0.3) is 0 Å².